The molecule has 0 N–H and O–H groups in total. The van der Waals surface area contributed by atoms with Gasteiger partial charge in [0.05, 0.1) is 6.54 Å². The third-order valence-electron chi connectivity index (χ3n) is 4.50. The van der Waals surface area contributed by atoms with E-state index < -0.39 is 6.09 Å². The predicted octanol–water partition coefficient (Wildman–Crippen LogP) is -0.237. The van der Waals surface area contributed by atoms with Gasteiger partial charge in [-0.25, -0.2) is 9.48 Å². The van der Waals surface area contributed by atoms with Gasteiger partial charge in [0, 0.05) is 38.6 Å². The van der Waals surface area contributed by atoms with Gasteiger partial charge in [-0.3, -0.25) is 9.69 Å². The van der Waals surface area contributed by atoms with Crippen LogP contribution in [0.1, 0.15) is 0 Å². The van der Waals surface area contributed by atoms with E-state index in [9.17, 15) is 9.59 Å². The fourth-order valence-electron chi connectivity index (χ4n) is 3.03. The molecule has 2 saturated heterocycles. The maximum absolute atomic E-state index is 12.3. The highest BCUT2D eigenvalue weighted by molar-refractivity contribution is 5.83. The van der Waals surface area contributed by atoms with Crippen molar-refractivity contribution in [1.82, 2.24) is 29.8 Å². The molecule has 2 aromatic heterocycles. The van der Waals surface area contributed by atoms with Crippen molar-refractivity contribution in [1.29, 1.82) is 0 Å². The Morgan fingerprint density at radius 3 is 2.46 bits per heavy atom. The SMILES string of the molecule is O=C(CN1CCOC1=O)N1CCN(c2ccc(-n3cccn3)nn2)CC1. The van der Waals surface area contributed by atoms with Crippen molar-refractivity contribution in [3.8, 4) is 5.82 Å². The van der Waals surface area contributed by atoms with E-state index in [4.69, 9.17) is 4.74 Å². The van der Waals surface area contributed by atoms with Crippen LogP contribution in [0.5, 0.6) is 0 Å². The van der Waals surface area contributed by atoms with E-state index in [0.29, 0.717) is 45.1 Å². The van der Waals surface area contributed by atoms with Crippen LogP contribution in [-0.2, 0) is 9.53 Å². The molecule has 10 nitrogen and oxygen atoms in total. The first kappa shape index (κ1) is 16.3. The van der Waals surface area contributed by atoms with E-state index in [1.54, 1.807) is 15.8 Å². The molecule has 0 bridgehead atoms. The van der Waals surface area contributed by atoms with Gasteiger partial charge in [0.2, 0.25) is 5.91 Å². The Kier molecular flexibility index (Phi) is 4.38. The first-order chi connectivity index (χ1) is 12.7. The molecule has 0 unspecified atom stereocenters. The molecule has 10 heteroatoms. The molecule has 0 atom stereocenters. The molecule has 2 aliphatic rings. The number of carbonyl (C=O) groups is 2. The normalized spacial score (nSPS) is 17.5. The van der Waals surface area contributed by atoms with Crippen LogP contribution in [0.4, 0.5) is 10.6 Å². The Labute approximate surface area is 149 Å². The summed E-state index contributed by atoms with van der Waals surface area (Å²) in [6.07, 6.45) is 3.09. The summed E-state index contributed by atoms with van der Waals surface area (Å²) in [5, 5.41) is 12.6. The molecule has 0 saturated carbocycles. The van der Waals surface area contributed by atoms with Gasteiger partial charge < -0.3 is 14.5 Å². The highest BCUT2D eigenvalue weighted by atomic mass is 16.6. The number of hydrogen-bond acceptors (Lipinski definition) is 7. The van der Waals surface area contributed by atoms with Crippen LogP contribution in [0.3, 0.4) is 0 Å². The van der Waals surface area contributed by atoms with Crippen LogP contribution < -0.4 is 4.90 Å². The minimum atomic E-state index is -0.412. The van der Waals surface area contributed by atoms with Gasteiger partial charge in [-0.2, -0.15) is 5.10 Å². The smallest absolute Gasteiger partial charge is 0.410 e. The maximum atomic E-state index is 12.3. The number of piperazine rings is 1. The largest absolute Gasteiger partial charge is 0.448 e. The van der Waals surface area contributed by atoms with E-state index in [0.717, 1.165) is 5.82 Å². The van der Waals surface area contributed by atoms with E-state index >= 15 is 0 Å². The van der Waals surface area contributed by atoms with Gasteiger partial charge in [-0.1, -0.05) is 0 Å². The van der Waals surface area contributed by atoms with E-state index in [1.807, 2.05) is 24.4 Å². The van der Waals surface area contributed by atoms with Crippen LogP contribution >= 0.6 is 0 Å². The van der Waals surface area contributed by atoms with Gasteiger partial charge in [0.25, 0.3) is 0 Å². The third-order valence-corrected chi connectivity index (χ3v) is 4.50. The fraction of sp³-hybridized carbons (Fsp3) is 0.438. The Balaban J connectivity index is 1.32. The van der Waals surface area contributed by atoms with Crippen molar-refractivity contribution in [2.75, 3.05) is 50.8 Å². The lowest BCUT2D eigenvalue weighted by atomic mass is 10.3. The summed E-state index contributed by atoms with van der Waals surface area (Å²) in [6.45, 7) is 3.43. The van der Waals surface area contributed by atoms with Gasteiger partial charge in [-0.05, 0) is 18.2 Å². The number of carbonyl (C=O) groups excluding carboxylic acids is 2. The zero-order chi connectivity index (χ0) is 17.9. The molecule has 2 amide bonds. The molecule has 2 aromatic rings. The van der Waals surface area contributed by atoms with Crippen LogP contribution in [0.2, 0.25) is 0 Å². The summed E-state index contributed by atoms with van der Waals surface area (Å²) in [7, 11) is 0. The Morgan fingerprint density at radius 1 is 1.08 bits per heavy atom. The van der Waals surface area contributed by atoms with Crippen molar-refractivity contribution >= 4 is 17.8 Å². The second-order valence-corrected chi connectivity index (χ2v) is 6.10. The second-order valence-electron chi connectivity index (χ2n) is 6.10. The van der Waals surface area contributed by atoms with Gasteiger partial charge in [0.15, 0.2) is 11.6 Å². The first-order valence-electron chi connectivity index (χ1n) is 8.49. The topological polar surface area (TPSA) is 96.7 Å². The lowest BCUT2D eigenvalue weighted by molar-refractivity contribution is -0.132. The summed E-state index contributed by atoms with van der Waals surface area (Å²) < 4.78 is 6.50. The van der Waals surface area contributed by atoms with E-state index in [-0.39, 0.29) is 12.5 Å². The number of ether oxygens (including phenoxy) is 1. The number of hydrogen-bond donors (Lipinski definition) is 0. The van der Waals surface area contributed by atoms with Crippen molar-refractivity contribution in [2.45, 2.75) is 0 Å². The number of cyclic esters (lactones) is 1. The number of anilines is 1. The van der Waals surface area contributed by atoms with Crippen LogP contribution in [0.25, 0.3) is 5.82 Å². The summed E-state index contributed by atoms with van der Waals surface area (Å²) in [5.41, 5.74) is 0. The third kappa shape index (κ3) is 3.30. The lowest BCUT2D eigenvalue weighted by Crippen LogP contribution is -2.51. The molecule has 0 aliphatic carbocycles. The van der Waals surface area contributed by atoms with E-state index in [2.05, 4.69) is 20.2 Å². The van der Waals surface area contributed by atoms with Crippen molar-refractivity contribution in [2.24, 2.45) is 0 Å². The van der Waals surface area contributed by atoms with Crippen molar-refractivity contribution in [3.63, 3.8) is 0 Å². The molecule has 4 rings (SSSR count). The van der Waals surface area contributed by atoms with Gasteiger partial charge >= 0.3 is 6.09 Å². The molecule has 2 aliphatic heterocycles. The Morgan fingerprint density at radius 2 is 1.85 bits per heavy atom. The highest BCUT2D eigenvalue weighted by Crippen LogP contribution is 2.14. The molecule has 0 spiro atoms. The van der Waals surface area contributed by atoms with E-state index in [1.165, 1.54) is 4.90 Å². The molecular formula is C16H19N7O3. The van der Waals surface area contributed by atoms with Crippen molar-refractivity contribution < 1.29 is 14.3 Å². The summed E-state index contributed by atoms with van der Waals surface area (Å²) in [4.78, 5) is 29.1. The number of rotatable bonds is 4. The minimum Gasteiger partial charge on any atom is -0.448 e. The summed E-state index contributed by atoms with van der Waals surface area (Å²) >= 11 is 0. The zero-order valence-corrected chi connectivity index (χ0v) is 14.2. The van der Waals surface area contributed by atoms with Crippen LogP contribution in [0, 0.1) is 0 Å². The second kappa shape index (κ2) is 6.98. The predicted molar refractivity (Wildman–Crippen MR) is 90.9 cm³/mol. The lowest BCUT2D eigenvalue weighted by Gasteiger charge is -2.35. The summed E-state index contributed by atoms with van der Waals surface area (Å²) in [6, 6.07) is 5.60. The zero-order valence-electron chi connectivity index (χ0n) is 14.2. The fourth-order valence-corrected chi connectivity index (χ4v) is 3.03. The molecular weight excluding hydrogens is 338 g/mol. The minimum absolute atomic E-state index is 0.0522. The molecule has 136 valence electrons. The molecule has 4 heterocycles. The van der Waals surface area contributed by atoms with Gasteiger partial charge in [-0.15, -0.1) is 10.2 Å². The van der Waals surface area contributed by atoms with Gasteiger partial charge in [0.1, 0.15) is 13.2 Å². The van der Waals surface area contributed by atoms with Crippen LogP contribution in [0.15, 0.2) is 30.6 Å². The monoisotopic (exact) mass is 357 g/mol. The number of amides is 2. The molecule has 26 heavy (non-hydrogen) atoms. The van der Waals surface area contributed by atoms with Crippen LogP contribution in [-0.4, -0.2) is 87.7 Å². The molecule has 0 aromatic carbocycles. The van der Waals surface area contributed by atoms with Crippen molar-refractivity contribution in [3.05, 3.63) is 30.6 Å². The number of aromatic nitrogens is 4. The Bertz CT molecular complexity index is 770. The average molecular weight is 357 g/mol. The number of nitrogens with zero attached hydrogens (tertiary/aromatic N) is 7. The molecule has 2 fully saturated rings. The summed E-state index contributed by atoms with van der Waals surface area (Å²) in [5.74, 6) is 1.38. The standard InChI is InChI=1S/C16H19N7O3/c24-15(12-22-10-11-26-16(22)25)21-8-6-20(7-9-21)13-2-3-14(19-18-13)23-5-1-4-17-23/h1-5H,6-12H2. The quantitative estimate of drug-likeness (QED) is 0.745. The average Bonchev–Trinajstić information content (AvgIpc) is 3.35. The highest BCUT2D eigenvalue weighted by Gasteiger charge is 2.28. The maximum Gasteiger partial charge on any atom is 0.410 e. The molecule has 0 radical (unpaired) electrons. The Hall–Kier alpha value is -3.17. The first-order valence-corrected chi connectivity index (χ1v) is 8.49.